The van der Waals surface area contributed by atoms with Crippen molar-refractivity contribution in [1.29, 1.82) is 0 Å². The minimum Gasteiger partial charge on any atom is -0.332 e. The van der Waals surface area contributed by atoms with Crippen molar-refractivity contribution in [3.63, 3.8) is 0 Å². The van der Waals surface area contributed by atoms with Crippen molar-refractivity contribution in [3.05, 3.63) is 65.7 Å². The van der Waals surface area contributed by atoms with E-state index < -0.39 is 44.6 Å². The summed E-state index contributed by atoms with van der Waals surface area (Å²) in [6, 6.07) is 10.00. The Hall–Kier alpha value is -3.20. The number of anilines is 1. The highest BCUT2D eigenvalue weighted by molar-refractivity contribution is 7.92. The third-order valence-electron chi connectivity index (χ3n) is 4.11. The minimum atomic E-state index is -5.24. The number of halogens is 6. The summed E-state index contributed by atoms with van der Waals surface area (Å²) < 4.78 is 106. The van der Waals surface area contributed by atoms with Gasteiger partial charge in [-0.3, -0.25) is 9.29 Å². The van der Waals surface area contributed by atoms with Crippen LogP contribution in [0.2, 0.25) is 0 Å². The van der Waals surface area contributed by atoms with Crippen LogP contribution in [0.5, 0.6) is 0 Å². The zero-order chi connectivity index (χ0) is 24.6. The summed E-state index contributed by atoms with van der Waals surface area (Å²) in [7, 11) is -4.29. The van der Waals surface area contributed by atoms with E-state index in [1.165, 1.54) is 0 Å². The van der Waals surface area contributed by atoms with Crippen LogP contribution in [0.15, 0.2) is 53.4 Å². The molecule has 0 spiro atoms. The largest absolute Gasteiger partial charge is 0.452 e. The molecule has 0 bridgehead atoms. The SMILES string of the molecule is Cc1ccc(NC(=S)NS(=O)(=O)c2ccc(-n3c(C(F)(F)F)nnc3C(F)(F)F)cc2)cc1. The molecule has 1 heterocycles. The van der Waals surface area contributed by atoms with Crippen LogP contribution in [0.3, 0.4) is 0 Å². The maximum atomic E-state index is 13.1. The summed E-state index contributed by atoms with van der Waals surface area (Å²) in [6.07, 6.45) is -10.5. The van der Waals surface area contributed by atoms with Crippen molar-refractivity contribution in [2.45, 2.75) is 24.2 Å². The molecule has 0 radical (unpaired) electrons. The lowest BCUT2D eigenvalue weighted by Crippen LogP contribution is -2.34. The smallest absolute Gasteiger partial charge is 0.332 e. The molecule has 2 N–H and O–H groups in total. The lowest BCUT2D eigenvalue weighted by atomic mass is 10.2. The molecule has 0 atom stereocenters. The van der Waals surface area contributed by atoms with Crippen LogP contribution < -0.4 is 10.0 Å². The molecule has 3 aromatic rings. The second-order valence-electron chi connectivity index (χ2n) is 6.60. The van der Waals surface area contributed by atoms with Gasteiger partial charge >= 0.3 is 12.4 Å². The lowest BCUT2D eigenvalue weighted by molar-refractivity contribution is -0.153. The number of nitrogens with zero attached hydrogens (tertiary/aromatic N) is 3. The van der Waals surface area contributed by atoms with E-state index in [0.717, 1.165) is 29.8 Å². The highest BCUT2D eigenvalue weighted by atomic mass is 32.2. The summed E-state index contributed by atoms with van der Waals surface area (Å²) in [6.45, 7) is 1.85. The Morgan fingerprint density at radius 2 is 1.36 bits per heavy atom. The number of hydrogen-bond acceptors (Lipinski definition) is 5. The molecular weight excluding hydrogens is 496 g/mol. The summed E-state index contributed by atoms with van der Waals surface area (Å²) in [4.78, 5) is -0.450. The van der Waals surface area contributed by atoms with Gasteiger partial charge in [0.2, 0.25) is 11.6 Å². The van der Waals surface area contributed by atoms with E-state index in [1.54, 1.807) is 24.3 Å². The van der Waals surface area contributed by atoms with E-state index in [9.17, 15) is 34.8 Å². The fraction of sp³-hybridized carbons (Fsp3) is 0.167. The number of rotatable bonds is 4. The van der Waals surface area contributed by atoms with Gasteiger partial charge in [0.25, 0.3) is 10.0 Å². The molecule has 3 rings (SSSR count). The predicted molar refractivity (Wildman–Crippen MR) is 109 cm³/mol. The molecule has 0 saturated carbocycles. The lowest BCUT2D eigenvalue weighted by Gasteiger charge is -2.15. The highest BCUT2D eigenvalue weighted by Crippen LogP contribution is 2.36. The standard InChI is InChI=1S/C18H13F6N5O2S2/c1-10-2-4-11(5-3-10)25-16(32)28-33(30,31)13-8-6-12(7-9-13)29-14(17(19,20)21)26-27-15(29)18(22,23)24/h2-9H,1H3,(H2,25,28,32). The van der Waals surface area contributed by atoms with Gasteiger partial charge in [-0.1, -0.05) is 17.7 Å². The number of aromatic nitrogens is 3. The second-order valence-corrected chi connectivity index (χ2v) is 8.69. The van der Waals surface area contributed by atoms with Crippen molar-refractivity contribution >= 4 is 33.0 Å². The Morgan fingerprint density at radius 3 is 1.82 bits per heavy atom. The number of alkyl halides is 6. The molecular formula is C18H13F6N5O2S2. The predicted octanol–water partition coefficient (Wildman–Crippen LogP) is 4.29. The van der Waals surface area contributed by atoms with Gasteiger partial charge in [0, 0.05) is 11.4 Å². The van der Waals surface area contributed by atoms with Gasteiger partial charge in [0.15, 0.2) is 5.11 Å². The van der Waals surface area contributed by atoms with E-state index in [0.29, 0.717) is 5.69 Å². The van der Waals surface area contributed by atoms with Gasteiger partial charge in [-0.15, -0.1) is 10.2 Å². The molecule has 176 valence electrons. The maximum Gasteiger partial charge on any atom is 0.452 e. The van der Waals surface area contributed by atoms with E-state index >= 15 is 0 Å². The fourth-order valence-electron chi connectivity index (χ4n) is 2.64. The Balaban J connectivity index is 1.87. The molecule has 15 heteroatoms. The first kappa shape index (κ1) is 24.4. The highest BCUT2D eigenvalue weighted by Gasteiger charge is 2.45. The number of nitrogens with one attached hydrogen (secondary N) is 2. The van der Waals surface area contributed by atoms with Crippen molar-refractivity contribution < 1.29 is 34.8 Å². The number of aryl methyl sites for hydroxylation is 1. The zero-order valence-electron chi connectivity index (χ0n) is 16.4. The van der Waals surface area contributed by atoms with Gasteiger partial charge in [-0.25, -0.2) is 8.42 Å². The molecule has 0 aliphatic heterocycles. The first-order chi connectivity index (χ1) is 15.2. The van der Waals surface area contributed by atoms with Crippen LogP contribution in [-0.2, 0) is 22.4 Å². The van der Waals surface area contributed by atoms with Gasteiger partial charge in [-0.05, 0) is 55.5 Å². The molecule has 0 unspecified atom stereocenters. The van der Waals surface area contributed by atoms with E-state index in [2.05, 4.69) is 20.2 Å². The topological polar surface area (TPSA) is 88.9 Å². The fourth-order valence-corrected chi connectivity index (χ4v) is 4.00. The van der Waals surface area contributed by atoms with Crippen LogP contribution >= 0.6 is 12.2 Å². The number of sulfonamides is 1. The molecule has 0 aliphatic rings. The minimum absolute atomic E-state index is 0.243. The Morgan fingerprint density at radius 1 is 0.879 bits per heavy atom. The average Bonchev–Trinajstić information content (AvgIpc) is 3.16. The van der Waals surface area contributed by atoms with Gasteiger partial charge in [0.1, 0.15) is 0 Å². The Labute approximate surface area is 188 Å². The second kappa shape index (κ2) is 8.62. The summed E-state index contributed by atoms with van der Waals surface area (Å²) in [5.74, 6) is -3.82. The van der Waals surface area contributed by atoms with Crippen LogP contribution in [0.25, 0.3) is 5.69 Å². The Kier molecular flexibility index (Phi) is 6.39. The summed E-state index contributed by atoms with van der Waals surface area (Å²) >= 11 is 4.95. The van der Waals surface area contributed by atoms with Crippen molar-refractivity contribution in [1.82, 2.24) is 19.5 Å². The van der Waals surface area contributed by atoms with Crippen molar-refractivity contribution in [3.8, 4) is 5.69 Å². The number of thiocarbonyl (C=S) groups is 1. The van der Waals surface area contributed by atoms with Gasteiger partial charge in [-0.2, -0.15) is 26.3 Å². The zero-order valence-corrected chi connectivity index (χ0v) is 18.0. The third-order valence-corrected chi connectivity index (χ3v) is 5.81. The van der Waals surface area contributed by atoms with Gasteiger partial charge in [0.05, 0.1) is 4.90 Å². The van der Waals surface area contributed by atoms with Crippen LogP contribution in [0, 0.1) is 6.92 Å². The quantitative estimate of drug-likeness (QED) is 0.403. The molecule has 0 aliphatic carbocycles. The number of hydrogen-bond donors (Lipinski definition) is 2. The van der Waals surface area contributed by atoms with E-state index in [4.69, 9.17) is 12.2 Å². The molecule has 1 aromatic heterocycles. The maximum absolute atomic E-state index is 13.1. The van der Waals surface area contributed by atoms with E-state index in [-0.39, 0.29) is 9.68 Å². The molecule has 0 fully saturated rings. The molecule has 0 saturated heterocycles. The normalized spacial score (nSPS) is 12.5. The summed E-state index contributed by atoms with van der Waals surface area (Å²) in [5.41, 5.74) is 0.817. The molecule has 0 amide bonds. The third kappa shape index (κ3) is 5.60. The number of benzene rings is 2. The first-order valence-corrected chi connectivity index (χ1v) is 10.7. The first-order valence-electron chi connectivity index (χ1n) is 8.79. The molecule has 7 nitrogen and oxygen atoms in total. The van der Waals surface area contributed by atoms with Crippen molar-refractivity contribution in [2.75, 3.05) is 5.32 Å². The summed E-state index contributed by atoms with van der Waals surface area (Å²) in [5, 5.41) is 7.55. The van der Waals surface area contributed by atoms with Crippen molar-refractivity contribution in [2.24, 2.45) is 0 Å². The molecule has 2 aromatic carbocycles. The van der Waals surface area contributed by atoms with Gasteiger partial charge < -0.3 is 5.32 Å². The average molecular weight is 509 g/mol. The van der Waals surface area contributed by atoms with E-state index in [1.807, 2.05) is 6.92 Å². The van der Waals surface area contributed by atoms with Crippen LogP contribution in [0.4, 0.5) is 32.0 Å². The van der Waals surface area contributed by atoms with Crippen LogP contribution in [0.1, 0.15) is 17.2 Å². The molecule has 33 heavy (non-hydrogen) atoms. The Bertz CT molecular complexity index is 1240. The van der Waals surface area contributed by atoms with Crippen LogP contribution in [-0.4, -0.2) is 28.3 Å². The monoisotopic (exact) mass is 509 g/mol.